The Labute approximate surface area is 232 Å². The van der Waals surface area contributed by atoms with Gasteiger partial charge in [-0.2, -0.15) is 0 Å². The first kappa shape index (κ1) is 26.3. The number of halogens is 2. The molecule has 0 unspecified atom stereocenters. The van der Waals surface area contributed by atoms with E-state index in [0.717, 1.165) is 35.2 Å². The summed E-state index contributed by atoms with van der Waals surface area (Å²) in [7, 11) is 0. The molecule has 0 spiro atoms. The number of carbonyl (C=O) groups excluding carboxylic acids is 2. The lowest BCUT2D eigenvalue weighted by atomic mass is 9.89. The molecule has 3 aromatic carbocycles. The lowest BCUT2D eigenvalue weighted by Gasteiger charge is -2.29. The molecule has 0 aromatic heterocycles. The molecule has 2 aliphatic rings. The van der Waals surface area contributed by atoms with Gasteiger partial charge in [0.15, 0.2) is 0 Å². The summed E-state index contributed by atoms with van der Waals surface area (Å²) < 4.78 is 0. The van der Waals surface area contributed by atoms with E-state index < -0.39 is 5.92 Å². The maximum absolute atomic E-state index is 14.2. The van der Waals surface area contributed by atoms with Crippen LogP contribution in [0.4, 0.5) is 0 Å². The van der Waals surface area contributed by atoms with Gasteiger partial charge in [-0.3, -0.25) is 9.59 Å². The van der Waals surface area contributed by atoms with Gasteiger partial charge in [0.25, 0.3) is 0 Å². The topological polar surface area (TPSA) is 71.0 Å². The van der Waals surface area contributed by atoms with Crippen molar-refractivity contribution in [2.75, 3.05) is 6.54 Å². The third kappa shape index (κ3) is 6.55. The molecule has 1 aliphatic heterocycles. The molecule has 3 aromatic rings. The Bertz CT molecular complexity index is 1270. The number of oxime groups is 1. The van der Waals surface area contributed by atoms with Crippen LogP contribution in [0.25, 0.3) is 0 Å². The molecule has 1 N–H and O–H groups in total. The highest BCUT2D eigenvalue weighted by Gasteiger charge is 2.39. The van der Waals surface area contributed by atoms with Crippen LogP contribution in [-0.4, -0.2) is 41.1 Å². The average Bonchev–Trinajstić information content (AvgIpc) is 3.65. The molecule has 8 heteroatoms. The summed E-state index contributed by atoms with van der Waals surface area (Å²) in [6, 6.07) is 24.7. The van der Waals surface area contributed by atoms with Gasteiger partial charge in [0.2, 0.25) is 11.8 Å². The summed E-state index contributed by atoms with van der Waals surface area (Å²) in [5, 5.41) is 8.33. The molecular formula is C30H29Cl2N3O3. The SMILES string of the molecule is O=C(C[C@@H]1CC(=NOCc2ccc(Cl)c(Cl)c2)CN1C(=O)C(c1ccccc1)c1ccccc1)NC1CC1. The Kier molecular flexibility index (Phi) is 8.30. The van der Waals surface area contributed by atoms with Gasteiger partial charge >= 0.3 is 0 Å². The second kappa shape index (κ2) is 12.0. The summed E-state index contributed by atoms with van der Waals surface area (Å²) in [4.78, 5) is 34.3. The van der Waals surface area contributed by atoms with Gasteiger partial charge in [-0.25, -0.2) is 0 Å². The van der Waals surface area contributed by atoms with Gasteiger partial charge in [0.1, 0.15) is 6.61 Å². The van der Waals surface area contributed by atoms with Crippen molar-refractivity contribution < 1.29 is 14.4 Å². The summed E-state index contributed by atoms with van der Waals surface area (Å²) in [6.45, 7) is 0.523. The minimum Gasteiger partial charge on any atom is -0.391 e. The maximum atomic E-state index is 14.2. The number of hydrogen-bond acceptors (Lipinski definition) is 4. The molecule has 1 saturated heterocycles. The number of likely N-dealkylation sites (tertiary alicyclic amines) is 1. The molecule has 196 valence electrons. The highest BCUT2D eigenvalue weighted by molar-refractivity contribution is 6.42. The second-order valence-corrected chi connectivity index (χ2v) is 10.6. The molecule has 1 saturated carbocycles. The molecule has 0 radical (unpaired) electrons. The van der Waals surface area contributed by atoms with Crippen LogP contribution in [0.2, 0.25) is 10.0 Å². The van der Waals surface area contributed by atoms with Gasteiger partial charge in [-0.1, -0.05) is 95.1 Å². The van der Waals surface area contributed by atoms with E-state index in [1.807, 2.05) is 66.7 Å². The van der Waals surface area contributed by atoms with Crippen LogP contribution in [0.5, 0.6) is 0 Å². The predicted octanol–water partition coefficient (Wildman–Crippen LogP) is 5.97. The molecule has 6 nitrogen and oxygen atoms in total. The molecule has 2 fully saturated rings. The van der Waals surface area contributed by atoms with Crippen LogP contribution >= 0.6 is 23.2 Å². The highest BCUT2D eigenvalue weighted by Crippen LogP contribution is 2.31. The number of nitrogens with zero attached hydrogens (tertiary/aromatic N) is 2. The van der Waals surface area contributed by atoms with Gasteiger partial charge in [-0.05, 0) is 41.7 Å². The zero-order valence-corrected chi connectivity index (χ0v) is 22.4. The summed E-state index contributed by atoms with van der Waals surface area (Å²) in [5.41, 5.74) is 3.38. The molecule has 2 amide bonds. The lowest BCUT2D eigenvalue weighted by Crippen LogP contribution is -2.42. The van der Waals surface area contributed by atoms with Gasteiger partial charge in [0.05, 0.1) is 28.2 Å². The number of amides is 2. The first-order valence-electron chi connectivity index (χ1n) is 12.8. The van der Waals surface area contributed by atoms with Crippen molar-refractivity contribution in [1.29, 1.82) is 0 Å². The van der Waals surface area contributed by atoms with Crippen molar-refractivity contribution in [2.45, 2.75) is 50.3 Å². The minimum atomic E-state index is -0.483. The van der Waals surface area contributed by atoms with Crippen molar-refractivity contribution in [3.63, 3.8) is 0 Å². The van der Waals surface area contributed by atoms with E-state index in [4.69, 9.17) is 28.0 Å². The minimum absolute atomic E-state index is 0.0377. The van der Waals surface area contributed by atoms with Crippen LogP contribution in [0.1, 0.15) is 48.3 Å². The number of hydrogen-bond donors (Lipinski definition) is 1. The van der Waals surface area contributed by atoms with Gasteiger partial charge < -0.3 is 15.1 Å². The summed E-state index contributed by atoms with van der Waals surface area (Å²) in [6.07, 6.45) is 2.72. The van der Waals surface area contributed by atoms with Crippen molar-refractivity contribution in [2.24, 2.45) is 5.16 Å². The molecule has 1 aliphatic carbocycles. The van der Waals surface area contributed by atoms with Gasteiger partial charge in [0, 0.05) is 24.9 Å². The van der Waals surface area contributed by atoms with Crippen LogP contribution in [0, 0.1) is 0 Å². The van der Waals surface area contributed by atoms with Crippen molar-refractivity contribution >= 4 is 40.7 Å². The third-order valence-corrected chi connectivity index (χ3v) is 7.57. The Morgan fingerprint density at radius 1 is 0.947 bits per heavy atom. The molecule has 1 heterocycles. The fraction of sp³-hybridized carbons (Fsp3) is 0.300. The van der Waals surface area contributed by atoms with E-state index in [9.17, 15) is 9.59 Å². The largest absolute Gasteiger partial charge is 0.391 e. The quantitative estimate of drug-likeness (QED) is 0.334. The van der Waals surface area contributed by atoms with E-state index in [1.165, 1.54) is 0 Å². The Morgan fingerprint density at radius 2 is 1.61 bits per heavy atom. The number of benzene rings is 3. The number of carbonyl (C=O) groups is 2. The predicted molar refractivity (Wildman–Crippen MR) is 149 cm³/mol. The molecular weight excluding hydrogens is 521 g/mol. The Hall–Kier alpha value is -3.35. The molecule has 38 heavy (non-hydrogen) atoms. The van der Waals surface area contributed by atoms with Gasteiger partial charge in [-0.15, -0.1) is 0 Å². The second-order valence-electron chi connectivity index (χ2n) is 9.80. The van der Waals surface area contributed by atoms with E-state index in [1.54, 1.807) is 17.0 Å². The van der Waals surface area contributed by atoms with Crippen molar-refractivity contribution in [1.82, 2.24) is 10.2 Å². The Morgan fingerprint density at radius 3 is 2.21 bits per heavy atom. The fourth-order valence-corrected chi connectivity index (χ4v) is 5.09. The molecule has 5 rings (SSSR count). The van der Waals surface area contributed by atoms with Crippen LogP contribution in [0.15, 0.2) is 84.0 Å². The van der Waals surface area contributed by atoms with E-state index in [2.05, 4.69) is 10.5 Å². The Balaban J connectivity index is 1.37. The first-order valence-corrected chi connectivity index (χ1v) is 13.5. The lowest BCUT2D eigenvalue weighted by molar-refractivity contribution is -0.133. The zero-order valence-electron chi connectivity index (χ0n) is 20.9. The summed E-state index contributed by atoms with van der Waals surface area (Å²) >= 11 is 12.1. The highest BCUT2D eigenvalue weighted by atomic mass is 35.5. The fourth-order valence-electron chi connectivity index (χ4n) is 4.77. The van der Waals surface area contributed by atoms with E-state index in [0.29, 0.717) is 23.0 Å². The summed E-state index contributed by atoms with van der Waals surface area (Å²) in [5.74, 6) is -0.576. The van der Waals surface area contributed by atoms with E-state index in [-0.39, 0.29) is 36.9 Å². The van der Waals surface area contributed by atoms with Crippen LogP contribution < -0.4 is 5.32 Å². The molecule has 1 atom stereocenters. The number of rotatable bonds is 9. The standard InChI is InChI=1S/C30H29Cl2N3O3/c31-26-14-11-20(15-27(26)32)19-38-34-24-16-25(17-28(36)33-23-12-13-23)35(18-24)30(37)29(21-7-3-1-4-8-21)22-9-5-2-6-10-22/h1-11,14-15,23,25,29H,12-13,16-19H2,(H,33,36)/t25-/m0/s1. The van der Waals surface area contributed by atoms with Crippen molar-refractivity contribution in [3.8, 4) is 0 Å². The normalized spacial score (nSPS) is 18.1. The zero-order chi connectivity index (χ0) is 26.5. The maximum Gasteiger partial charge on any atom is 0.235 e. The van der Waals surface area contributed by atoms with Crippen LogP contribution in [0.3, 0.4) is 0 Å². The van der Waals surface area contributed by atoms with E-state index >= 15 is 0 Å². The molecule has 0 bridgehead atoms. The average molecular weight is 550 g/mol. The monoisotopic (exact) mass is 549 g/mol. The van der Waals surface area contributed by atoms with Crippen molar-refractivity contribution in [3.05, 3.63) is 106 Å². The smallest absolute Gasteiger partial charge is 0.235 e. The number of nitrogens with one attached hydrogen (secondary N) is 1. The first-order chi connectivity index (χ1) is 18.5. The third-order valence-electron chi connectivity index (χ3n) is 6.83. The van der Waals surface area contributed by atoms with Crippen LogP contribution in [-0.2, 0) is 21.0 Å².